The highest BCUT2D eigenvalue weighted by atomic mass is 17.4. The molecule has 0 aromatic rings. The van der Waals surface area contributed by atoms with Gasteiger partial charge in [0, 0.05) is 0 Å². The molecule has 1 aliphatic rings. The molecule has 1 aliphatic heterocycles. The van der Waals surface area contributed by atoms with Crippen LogP contribution >= 0.6 is 0 Å². The molecule has 1 heterocycles. The standard InChI is InChI=1S/C10H30N5O5/c1-11(2)16-12(3,4)18-14(7,8)20-15(9,10)19-13(5,6)17-11/h1-10H3/q+5. The summed E-state index contributed by atoms with van der Waals surface area (Å²) in [5.41, 5.74) is 0. The molecule has 0 radical (unpaired) electrons. The number of hydrogen-bond acceptors (Lipinski definition) is 5. The van der Waals surface area contributed by atoms with Crippen molar-refractivity contribution in [2.75, 3.05) is 70.5 Å². The van der Waals surface area contributed by atoms with Crippen LogP contribution in [0.1, 0.15) is 0 Å². The number of quaternary nitrogens is 5. The first kappa shape index (κ1) is 17.7. The Balaban J connectivity index is 3.15. The topological polar surface area (TPSA) is 46.2 Å². The van der Waals surface area contributed by atoms with Crippen LogP contribution in [0.3, 0.4) is 0 Å². The van der Waals surface area contributed by atoms with Crippen LogP contribution < -0.4 is 0 Å². The molecule has 1 saturated heterocycles. The van der Waals surface area contributed by atoms with Gasteiger partial charge in [-0.1, -0.05) is 0 Å². The van der Waals surface area contributed by atoms with Gasteiger partial charge in [-0.2, -0.15) is 0 Å². The lowest BCUT2D eigenvalue weighted by Gasteiger charge is -2.37. The Morgan fingerprint density at radius 2 is 0.400 bits per heavy atom. The summed E-state index contributed by atoms with van der Waals surface area (Å²) >= 11 is 0. The van der Waals surface area contributed by atoms with Crippen molar-refractivity contribution in [1.82, 2.24) is 0 Å². The molecule has 1 fully saturated rings. The lowest BCUT2D eigenvalue weighted by molar-refractivity contribution is -1.65. The van der Waals surface area contributed by atoms with Crippen molar-refractivity contribution < 1.29 is 48.7 Å². The molecule has 0 N–H and O–H groups in total. The van der Waals surface area contributed by atoms with E-state index in [-0.39, 0.29) is 24.0 Å². The van der Waals surface area contributed by atoms with Crippen LogP contribution in [0, 0.1) is 0 Å². The molecule has 0 spiro atoms. The number of hydroxylamine groups is 20. The van der Waals surface area contributed by atoms with Gasteiger partial charge in [0.15, 0.2) is 0 Å². The molecule has 0 aromatic carbocycles. The fourth-order valence-corrected chi connectivity index (χ4v) is 2.44. The van der Waals surface area contributed by atoms with Gasteiger partial charge in [0.2, 0.25) is 0 Å². The third kappa shape index (κ3) is 5.54. The third-order valence-electron chi connectivity index (χ3n) is 1.97. The quantitative estimate of drug-likeness (QED) is 0.571. The highest BCUT2D eigenvalue weighted by Crippen LogP contribution is 2.24. The van der Waals surface area contributed by atoms with E-state index in [2.05, 4.69) is 0 Å². The maximum absolute atomic E-state index is 5.77. The summed E-state index contributed by atoms with van der Waals surface area (Å²) in [5.74, 6) is 0. The minimum Gasteiger partial charge on any atom is 0.0638 e. The van der Waals surface area contributed by atoms with Gasteiger partial charge in [0.1, 0.15) is 70.5 Å². The molecule has 0 amide bonds. The number of rotatable bonds is 0. The second-order valence-corrected chi connectivity index (χ2v) is 6.67. The zero-order chi connectivity index (χ0) is 16.0. The van der Waals surface area contributed by atoms with E-state index < -0.39 is 0 Å². The Kier molecular flexibility index (Phi) is 4.25. The summed E-state index contributed by atoms with van der Waals surface area (Å²) in [6.45, 7) is 0. The van der Waals surface area contributed by atoms with E-state index in [1.54, 1.807) is 70.5 Å². The van der Waals surface area contributed by atoms with Crippen LogP contribution in [0.15, 0.2) is 0 Å². The first-order valence-corrected chi connectivity index (χ1v) is 6.30. The molecule has 0 bridgehead atoms. The van der Waals surface area contributed by atoms with Crippen molar-refractivity contribution in [3.63, 3.8) is 0 Å². The fourth-order valence-electron chi connectivity index (χ4n) is 2.44. The van der Waals surface area contributed by atoms with Crippen molar-refractivity contribution in [3.8, 4) is 0 Å². The van der Waals surface area contributed by atoms with Gasteiger partial charge in [0.05, 0.1) is 48.7 Å². The van der Waals surface area contributed by atoms with Crippen molar-refractivity contribution in [1.29, 1.82) is 0 Å². The lowest BCUT2D eigenvalue weighted by atomic mass is 11.1. The predicted molar refractivity (Wildman–Crippen MR) is 66.0 cm³/mol. The molecule has 20 heavy (non-hydrogen) atoms. The zero-order valence-corrected chi connectivity index (χ0v) is 14.3. The molecule has 0 unspecified atom stereocenters. The maximum atomic E-state index is 5.77. The first-order chi connectivity index (χ1) is 8.54. The molecular formula is C10H30N5O5+5. The summed E-state index contributed by atoms with van der Waals surface area (Å²) in [6, 6.07) is 0. The Hall–Kier alpha value is -0.400. The highest BCUT2D eigenvalue weighted by Gasteiger charge is 2.54. The SMILES string of the molecule is C[N+]1(C)O[N+](C)(C)O[N+](C)(C)O[N+](C)(C)O[N+](C)(C)O1. The number of nitrogens with zero attached hydrogens (tertiary/aromatic N) is 5. The minimum absolute atomic E-state index is 0.236. The minimum atomic E-state index is -0.236. The number of hydrogen-bond donors (Lipinski definition) is 0. The second-order valence-electron chi connectivity index (χ2n) is 6.67. The van der Waals surface area contributed by atoms with Gasteiger partial charge in [-0.15, -0.1) is 0 Å². The molecule has 0 atom stereocenters. The Morgan fingerprint density at radius 3 is 0.500 bits per heavy atom. The average Bonchev–Trinajstić information content (AvgIpc) is 1.84. The van der Waals surface area contributed by atoms with Crippen LogP contribution in [0.5, 0.6) is 0 Å². The molecule has 10 heteroatoms. The molecule has 120 valence electrons. The Morgan fingerprint density at radius 1 is 0.300 bits per heavy atom. The van der Waals surface area contributed by atoms with E-state index in [0.717, 1.165) is 0 Å². The van der Waals surface area contributed by atoms with Crippen LogP contribution in [0.4, 0.5) is 0 Å². The molecule has 0 aliphatic carbocycles. The maximum Gasteiger partial charge on any atom is 0.144 e. The van der Waals surface area contributed by atoms with E-state index in [4.69, 9.17) is 24.7 Å². The van der Waals surface area contributed by atoms with Crippen LogP contribution in [-0.4, -0.2) is 94.5 Å². The summed E-state index contributed by atoms with van der Waals surface area (Å²) in [4.78, 5) is 27.7. The smallest absolute Gasteiger partial charge is 0.0638 e. The van der Waals surface area contributed by atoms with Gasteiger partial charge in [-0.05, 0) is 0 Å². The molecule has 0 saturated carbocycles. The van der Waals surface area contributed by atoms with Gasteiger partial charge >= 0.3 is 0 Å². The Labute approximate surface area is 120 Å². The van der Waals surface area contributed by atoms with Crippen LogP contribution in [-0.2, 0) is 24.7 Å². The third-order valence-corrected chi connectivity index (χ3v) is 1.97. The lowest BCUT2D eigenvalue weighted by Crippen LogP contribution is -2.68. The molecule has 1 rings (SSSR count). The van der Waals surface area contributed by atoms with Gasteiger partial charge < -0.3 is 0 Å². The van der Waals surface area contributed by atoms with E-state index in [0.29, 0.717) is 0 Å². The van der Waals surface area contributed by atoms with E-state index in [1.165, 1.54) is 0 Å². The average molecular weight is 300 g/mol. The largest absolute Gasteiger partial charge is 0.144 e. The van der Waals surface area contributed by atoms with Crippen LogP contribution in [0.25, 0.3) is 0 Å². The summed E-state index contributed by atoms with van der Waals surface area (Å²) in [6.07, 6.45) is 0. The van der Waals surface area contributed by atoms with Crippen molar-refractivity contribution in [3.05, 3.63) is 0 Å². The summed E-state index contributed by atoms with van der Waals surface area (Å²) in [7, 11) is 17.3. The normalized spacial score (nSPS) is 31.5. The monoisotopic (exact) mass is 300 g/mol. The molecule has 0 aromatic heterocycles. The van der Waals surface area contributed by atoms with E-state index >= 15 is 0 Å². The van der Waals surface area contributed by atoms with Gasteiger partial charge in [0.25, 0.3) is 0 Å². The second kappa shape index (κ2) is 4.81. The van der Waals surface area contributed by atoms with E-state index in [1.807, 2.05) is 0 Å². The molecular weight excluding hydrogens is 270 g/mol. The Bertz CT molecular complexity index is 268. The fraction of sp³-hybridized carbons (Fsp3) is 1.00. The van der Waals surface area contributed by atoms with Gasteiger partial charge in [-0.25, -0.2) is 0 Å². The zero-order valence-electron chi connectivity index (χ0n) is 14.3. The summed E-state index contributed by atoms with van der Waals surface area (Å²) < 4.78 is 0. The van der Waals surface area contributed by atoms with E-state index in [9.17, 15) is 0 Å². The molecule has 10 nitrogen and oxygen atoms in total. The first-order valence-electron chi connectivity index (χ1n) is 6.30. The highest BCUT2D eigenvalue weighted by molar-refractivity contribution is 3.77. The summed E-state index contributed by atoms with van der Waals surface area (Å²) in [5, 5.41) is 0. The van der Waals surface area contributed by atoms with Crippen LogP contribution in [0.2, 0.25) is 0 Å². The van der Waals surface area contributed by atoms with Crippen molar-refractivity contribution in [2.24, 2.45) is 0 Å². The predicted octanol–water partition coefficient (Wildman–Crippen LogP) is -0.385. The van der Waals surface area contributed by atoms with Crippen molar-refractivity contribution in [2.45, 2.75) is 0 Å². The van der Waals surface area contributed by atoms with Gasteiger partial charge in [-0.3, -0.25) is 0 Å². The van der Waals surface area contributed by atoms with Crippen molar-refractivity contribution >= 4 is 0 Å².